The van der Waals surface area contributed by atoms with Crippen molar-refractivity contribution in [2.75, 3.05) is 11.1 Å². The number of rotatable bonds is 10. The summed E-state index contributed by atoms with van der Waals surface area (Å²) in [6.07, 6.45) is 2.45. The first-order chi connectivity index (χ1) is 16.7. The summed E-state index contributed by atoms with van der Waals surface area (Å²) in [5, 5.41) is 12.8. The van der Waals surface area contributed by atoms with Gasteiger partial charge in [0, 0.05) is 12.1 Å². The van der Waals surface area contributed by atoms with E-state index >= 15 is 0 Å². The zero-order valence-corrected chi connectivity index (χ0v) is 20.5. The number of hydrogen-bond acceptors (Lipinski definition) is 4. The van der Waals surface area contributed by atoms with Crippen molar-refractivity contribution in [1.82, 2.24) is 14.8 Å². The van der Waals surface area contributed by atoms with Crippen LogP contribution in [-0.4, -0.2) is 26.4 Å². The maximum Gasteiger partial charge on any atom is 0.234 e. The molecule has 0 aliphatic carbocycles. The average Bonchev–Trinajstić information content (AvgIpc) is 3.24. The van der Waals surface area contributed by atoms with Gasteiger partial charge in [0.25, 0.3) is 0 Å². The molecule has 0 fully saturated rings. The van der Waals surface area contributed by atoms with Gasteiger partial charge in [-0.1, -0.05) is 104 Å². The van der Waals surface area contributed by atoms with Gasteiger partial charge in [0.05, 0.1) is 12.3 Å². The number of nitrogens with one attached hydrogen (secondary N) is 1. The number of carbonyl (C=O) groups is 1. The largest absolute Gasteiger partial charge is 0.325 e. The summed E-state index contributed by atoms with van der Waals surface area (Å²) in [4.78, 5) is 12.9. The Kier molecular flexibility index (Phi) is 8.15. The van der Waals surface area contributed by atoms with Gasteiger partial charge in [0.1, 0.15) is 5.82 Å². The summed E-state index contributed by atoms with van der Waals surface area (Å²) in [7, 11) is 0. The molecule has 1 aromatic heterocycles. The van der Waals surface area contributed by atoms with Crippen LogP contribution in [0.1, 0.15) is 41.9 Å². The number of amides is 1. The zero-order chi connectivity index (χ0) is 23.8. The van der Waals surface area contributed by atoms with Crippen LogP contribution >= 0.6 is 11.8 Å². The highest BCUT2D eigenvalue weighted by Crippen LogP contribution is 2.24. The molecule has 0 aliphatic heterocycles. The van der Waals surface area contributed by atoms with E-state index in [1.807, 2.05) is 36.4 Å². The third-order valence-corrected chi connectivity index (χ3v) is 6.74. The Morgan fingerprint density at radius 3 is 2.06 bits per heavy atom. The van der Waals surface area contributed by atoms with Gasteiger partial charge in [-0.15, -0.1) is 10.2 Å². The van der Waals surface area contributed by atoms with E-state index < -0.39 is 0 Å². The van der Waals surface area contributed by atoms with E-state index in [-0.39, 0.29) is 11.7 Å². The maximum atomic E-state index is 12.9. The molecule has 4 aromatic rings. The van der Waals surface area contributed by atoms with Crippen molar-refractivity contribution in [1.29, 1.82) is 0 Å². The Morgan fingerprint density at radius 2 is 1.44 bits per heavy atom. The van der Waals surface area contributed by atoms with Crippen LogP contribution in [0.2, 0.25) is 0 Å². The molecule has 0 saturated carbocycles. The Balaban J connectivity index is 1.52. The van der Waals surface area contributed by atoms with Crippen LogP contribution in [0.15, 0.2) is 84.0 Å². The molecule has 1 heterocycles. The minimum Gasteiger partial charge on any atom is -0.325 e. The average molecular weight is 471 g/mol. The van der Waals surface area contributed by atoms with Crippen LogP contribution in [0.5, 0.6) is 0 Å². The summed E-state index contributed by atoms with van der Waals surface area (Å²) < 4.78 is 2.12. The predicted molar refractivity (Wildman–Crippen MR) is 139 cm³/mol. The summed E-state index contributed by atoms with van der Waals surface area (Å²) in [5.74, 6) is 1.14. The van der Waals surface area contributed by atoms with Gasteiger partial charge < -0.3 is 9.88 Å². The fourth-order valence-corrected chi connectivity index (χ4v) is 4.73. The molecule has 6 heteroatoms. The first-order valence-electron chi connectivity index (χ1n) is 11.7. The number of para-hydroxylation sites is 1. The van der Waals surface area contributed by atoms with E-state index in [0.717, 1.165) is 40.6 Å². The normalized spacial score (nSPS) is 10.9. The maximum absolute atomic E-state index is 12.9. The van der Waals surface area contributed by atoms with Gasteiger partial charge in [0.2, 0.25) is 5.91 Å². The van der Waals surface area contributed by atoms with Crippen molar-refractivity contribution in [3.05, 3.63) is 107 Å². The number of nitrogens with zero attached hydrogens (tertiary/aromatic N) is 3. The highest BCUT2D eigenvalue weighted by atomic mass is 32.2. The quantitative estimate of drug-likeness (QED) is 0.299. The van der Waals surface area contributed by atoms with Crippen LogP contribution in [-0.2, 0) is 30.6 Å². The molecule has 0 atom stereocenters. The molecule has 174 valence electrons. The molecule has 34 heavy (non-hydrogen) atoms. The van der Waals surface area contributed by atoms with Crippen LogP contribution < -0.4 is 5.32 Å². The van der Waals surface area contributed by atoms with E-state index in [1.54, 1.807) is 0 Å². The number of aryl methyl sites for hydroxylation is 2. The van der Waals surface area contributed by atoms with Crippen molar-refractivity contribution in [3.63, 3.8) is 0 Å². The highest BCUT2D eigenvalue weighted by Gasteiger charge is 2.16. The molecule has 0 unspecified atom stereocenters. The van der Waals surface area contributed by atoms with Crippen LogP contribution in [0.3, 0.4) is 0 Å². The minimum atomic E-state index is -0.0283. The van der Waals surface area contributed by atoms with Crippen molar-refractivity contribution < 1.29 is 4.79 Å². The van der Waals surface area contributed by atoms with Crippen molar-refractivity contribution in [3.8, 4) is 0 Å². The van der Waals surface area contributed by atoms with Crippen molar-refractivity contribution in [2.45, 2.75) is 44.8 Å². The van der Waals surface area contributed by atoms with Gasteiger partial charge in [-0.05, 0) is 35.1 Å². The SMILES string of the molecule is CCc1cccc(CC)c1NC(=O)CSc1nnc(Cc2ccccc2)n1Cc1ccccc1. The van der Waals surface area contributed by atoms with E-state index in [9.17, 15) is 4.79 Å². The smallest absolute Gasteiger partial charge is 0.234 e. The van der Waals surface area contributed by atoms with Crippen molar-refractivity contribution >= 4 is 23.4 Å². The first kappa shape index (κ1) is 23.8. The predicted octanol–water partition coefficient (Wildman–Crippen LogP) is 5.77. The second kappa shape index (κ2) is 11.7. The van der Waals surface area contributed by atoms with Gasteiger partial charge in [-0.25, -0.2) is 0 Å². The first-order valence-corrected chi connectivity index (χ1v) is 12.7. The topological polar surface area (TPSA) is 59.8 Å². The minimum absolute atomic E-state index is 0.0283. The Bertz CT molecular complexity index is 1200. The summed E-state index contributed by atoms with van der Waals surface area (Å²) >= 11 is 1.43. The number of hydrogen-bond donors (Lipinski definition) is 1. The van der Waals surface area contributed by atoms with Gasteiger partial charge in [-0.2, -0.15) is 0 Å². The summed E-state index contributed by atoms with van der Waals surface area (Å²) in [6, 6.07) is 26.8. The van der Waals surface area contributed by atoms with Gasteiger partial charge in [0.15, 0.2) is 5.16 Å². The number of benzene rings is 3. The van der Waals surface area contributed by atoms with Crippen LogP contribution in [0.25, 0.3) is 0 Å². The lowest BCUT2D eigenvalue weighted by molar-refractivity contribution is -0.113. The fourth-order valence-electron chi connectivity index (χ4n) is 3.97. The van der Waals surface area contributed by atoms with E-state index in [1.165, 1.54) is 22.9 Å². The molecule has 1 N–H and O–H groups in total. The third kappa shape index (κ3) is 5.94. The molecule has 5 nitrogen and oxygen atoms in total. The molecule has 1 amide bonds. The molecule has 0 bridgehead atoms. The van der Waals surface area contributed by atoms with E-state index in [0.29, 0.717) is 13.0 Å². The molecular weight excluding hydrogens is 440 g/mol. The lowest BCUT2D eigenvalue weighted by atomic mass is 10.0. The lowest BCUT2D eigenvalue weighted by Gasteiger charge is -2.14. The Morgan fingerprint density at radius 1 is 0.824 bits per heavy atom. The van der Waals surface area contributed by atoms with Crippen molar-refractivity contribution in [2.24, 2.45) is 0 Å². The molecular formula is C28H30N4OS. The number of carbonyl (C=O) groups excluding carboxylic acids is 1. The molecule has 0 aliphatic rings. The zero-order valence-electron chi connectivity index (χ0n) is 19.7. The van der Waals surface area contributed by atoms with Gasteiger partial charge in [-0.3, -0.25) is 4.79 Å². The second-order valence-electron chi connectivity index (χ2n) is 8.13. The number of anilines is 1. The summed E-state index contributed by atoms with van der Waals surface area (Å²) in [5.41, 5.74) is 5.63. The molecule has 0 spiro atoms. The number of thioether (sulfide) groups is 1. The highest BCUT2D eigenvalue weighted by molar-refractivity contribution is 7.99. The van der Waals surface area contributed by atoms with Crippen LogP contribution in [0, 0.1) is 0 Å². The van der Waals surface area contributed by atoms with E-state index in [4.69, 9.17) is 0 Å². The Hall–Kier alpha value is -3.38. The Labute approximate surface area is 205 Å². The standard InChI is InChI=1S/C28H30N4OS/c1-3-23-16-11-17-24(4-2)27(23)29-26(33)20-34-28-31-30-25(18-21-12-7-5-8-13-21)32(28)19-22-14-9-6-10-15-22/h5-17H,3-4,18-20H2,1-2H3,(H,29,33). The van der Waals surface area contributed by atoms with Gasteiger partial charge >= 0.3 is 0 Å². The lowest BCUT2D eigenvalue weighted by Crippen LogP contribution is -2.17. The molecule has 3 aromatic carbocycles. The second-order valence-corrected chi connectivity index (χ2v) is 9.07. The molecule has 0 radical (unpaired) electrons. The third-order valence-electron chi connectivity index (χ3n) is 5.78. The van der Waals surface area contributed by atoms with Crippen LogP contribution in [0.4, 0.5) is 5.69 Å². The number of aromatic nitrogens is 3. The monoisotopic (exact) mass is 470 g/mol. The molecule has 0 saturated heterocycles. The van der Waals surface area contributed by atoms with E-state index in [2.05, 4.69) is 76.4 Å². The molecule has 4 rings (SSSR count). The summed E-state index contributed by atoms with van der Waals surface area (Å²) in [6.45, 7) is 4.89. The fraction of sp³-hybridized carbons (Fsp3) is 0.250.